The summed E-state index contributed by atoms with van der Waals surface area (Å²) in [6.45, 7) is 12.5. The number of aromatic hydroxyl groups is 4. The molecule has 0 amide bonds. The highest BCUT2D eigenvalue weighted by Gasteiger charge is 2.55. The molecule has 0 saturated carbocycles. The number of phenolic OH excluding ortho intramolecular Hbond substituents is 4. The van der Waals surface area contributed by atoms with Crippen LogP contribution in [0.1, 0.15) is 176 Å². The Balaban J connectivity index is 0.000000137. The van der Waals surface area contributed by atoms with Gasteiger partial charge in [-0.1, -0.05) is 41.5 Å². The number of nitrogens with zero attached hydrogens (tertiary/aromatic N) is 12. The van der Waals surface area contributed by atoms with Crippen molar-refractivity contribution >= 4 is 103 Å². The Morgan fingerprint density at radius 3 is 0.938 bits per heavy atom. The molecule has 0 fully saturated rings. The maximum absolute atomic E-state index is 13.7. The summed E-state index contributed by atoms with van der Waals surface area (Å²) in [6.07, 6.45) is 2.20. The predicted octanol–water partition coefficient (Wildman–Crippen LogP) is 9.77. The van der Waals surface area contributed by atoms with Crippen LogP contribution in [0.4, 0.5) is 0 Å². The molecule has 7 N–H and O–H groups in total. The Kier molecular flexibility index (Phi) is 29.2. The Morgan fingerprint density at radius 2 is 0.676 bits per heavy atom. The molecule has 39 heteroatoms. The second-order valence-corrected chi connectivity index (χ2v) is 39.0. The molecule has 16 heterocycles. The first-order valence-electron chi connectivity index (χ1n) is 47.7. The van der Waals surface area contributed by atoms with Gasteiger partial charge >= 0.3 is 41.8 Å². The van der Waals surface area contributed by atoms with Crippen LogP contribution in [-0.4, -0.2) is 220 Å². The van der Waals surface area contributed by atoms with Crippen LogP contribution in [-0.2, 0) is 177 Å². The van der Waals surface area contributed by atoms with Crippen LogP contribution in [0, 0.1) is 0 Å². The van der Waals surface area contributed by atoms with Gasteiger partial charge in [-0.15, -0.1) is 0 Å². The van der Waals surface area contributed by atoms with E-state index in [0.717, 1.165) is 66.1 Å². The normalized spacial score (nSPS) is 17.9. The quantitative estimate of drug-likeness (QED) is 0.0256. The van der Waals surface area contributed by atoms with Crippen molar-refractivity contribution in [2.45, 2.75) is 188 Å². The van der Waals surface area contributed by atoms with Gasteiger partial charge < -0.3 is 107 Å². The molecule has 0 aliphatic carbocycles. The zero-order chi connectivity index (χ0) is 104. The van der Waals surface area contributed by atoms with E-state index in [4.69, 9.17) is 63.6 Å². The lowest BCUT2D eigenvalue weighted by Crippen LogP contribution is -2.48. The molecule has 760 valence electrons. The molecule has 0 radical (unpaired) electrons. The van der Waals surface area contributed by atoms with Crippen molar-refractivity contribution in [2.75, 3.05) is 88.7 Å². The highest BCUT2D eigenvalue weighted by atomic mass is 32.2. The van der Waals surface area contributed by atoms with Gasteiger partial charge in [0.25, 0.3) is 22.2 Å². The zero-order valence-electron chi connectivity index (χ0n) is 83.5. The summed E-state index contributed by atoms with van der Waals surface area (Å²) in [5.41, 5.74) is 13.1. The van der Waals surface area contributed by atoms with Crippen LogP contribution < -0.4 is 28.0 Å². The van der Waals surface area contributed by atoms with Crippen molar-refractivity contribution in [3.8, 4) is 68.5 Å². The smallest absolute Gasteiger partial charge is 0.355 e. The summed E-state index contributed by atoms with van der Waals surface area (Å²) < 4.78 is 49.1. The average molecular weight is 2000 g/mol. The lowest BCUT2D eigenvalue weighted by Gasteiger charge is -2.35. The number of thioether (sulfide) groups is 1. The number of hydrogen-bond acceptors (Lipinski definition) is 35. The Hall–Kier alpha value is -14.5. The number of benzene rings is 4. The number of esters is 7. The number of cyclic esters (lactones) is 4. The number of aromatic nitrogens is 8. The largest absolute Gasteiger partial charge is 0.508 e. The number of nitrogens with two attached hydrogens (primary N) is 1. The van der Waals surface area contributed by atoms with Crippen molar-refractivity contribution in [1.82, 2.24) is 57.8 Å². The number of carbonyl (C=O) groups is 8. The molecule has 0 spiro atoms. The first-order valence-corrected chi connectivity index (χ1v) is 49.1. The van der Waals surface area contributed by atoms with Crippen molar-refractivity contribution in [2.24, 2.45) is 5.73 Å². The number of phenols is 4. The third-order valence-electron chi connectivity index (χ3n) is 27.4. The Bertz CT molecular complexity index is 7450. The molecule has 8 aromatic heterocycles. The molecule has 8 aliphatic heterocycles. The van der Waals surface area contributed by atoms with Crippen LogP contribution >= 0.6 is 11.8 Å². The second kappa shape index (κ2) is 41.0. The van der Waals surface area contributed by atoms with Crippen LogP contribution in [0.25, 0.3) is 89.2 Å². The molecular formula is C106H115N13O25S. The highest BCUT2D eigenvalue weighted by molar-refractivity contribution is 7.98. The predicted molar refractivity (Wildman–Crippen MR) is 535 cm³/mol. The van der Waals surface area contributed by atoms with Crippen molar-refractivity contribution < 1.29 is 102 Å². The van der Waals surface area contributed by atoms with Gasteiger partial charge in [-0.2, -0.15) is 11.8 Å². The lowest BCUT2D eigenvalue weighted by atomic mass is 9.85. The topological polar surface area (TPSA) is 490 Å². The number of pyridine rings is 8. The van der Waals surface area contributed by atoms with Gasteiger partial charge in [0.2, 0.25) is 16.8 Å². The van der Waals surface area contributed by atoms with E-state index in [1.54, 1.807) is 126 Å². The van der Waals surface area contributed by atoms with Gasteiger partial charge in [-0.3, -0.25) is 38.4 Å². The number of rotatable bonds is 23. The number of Topliss-reactive ketones (excluding diaryl/α,β-unsaturated/α-hetero) is 1. The minimum atomic E-state index is -1.84. The number of carbonyl (C=O) groups excluding carboxylic acids is 8. The first kappa shape index (κ1) is 103. The van der Waals surface area contributed by atoms with E-state index in [9.17, 15) is 83.1 Å². The molecule has 0 unspecified atom stereocenters. The van der Waals surface area contributed by atoms with Crippen molar-refractivity contribution in [3.63, 3.8) is 0 Å². The fourth-order valence-corrected chi connectivity index (χ4v) is 20.0. The molecule has 0 saturated heterocycles. The van der Waals surface area contributed by atoms with Gasteiger partial charge in [0.05, 0.1) is 129 Å². The molecule has 4 aromatic carbocycles. The first-order chi connectivity index (χ1) is 69.1. The summed E-state index contributed by atoms with van der Waals surface area (Å²) in [6, 6.07) is 28.1. The third kappa shape index (κ3) is 18.5. The summed E-state index contributed by atoms with van der Waals surface area (Å²) in [7, 11) is 16.7. The van der Waals surface area contributed by atoms with E-state index in [-0.39, 0.29) is 159 Å². The number of fused-ring (bicyclic) bond motifs is 20. The minimum Gasteiger partial charge on any atom is -0.508 e. The van der Waals surface area contributed by atoms with E-state index in [1.165, 1.54) is 12.9 Å². The van der Waals surface area contributed by atoms with Gasteiger partial charge in [0.15, 0.2) is 11.4 Å². The molecule has 145 heavy (non-hydrogen) atoms. The van der Waals surface area contributed by atoms with Gasteiger partial charge in [0.1, 0.15) is 56.0 Å². The van der Waals surface area contributed by atoms with Crippen molar-refractivity contribution in [3.05, 3.63) is 227 Å². The number of ether oxygens (including phenoxy) is 8. The third-order valence-corrected chi connectivity index (χ3v) is 28.0. The second-order valence-electron chi connectivity index (χ2n) is 37.8. The SMILES string of the molecule is CCC(=O)O[C@]1(CC)C(=O)OCc2c1cc1n(c2=O)Cc2cc3c(CN(C)C)c(O)ccc3nc2-1.CCSC.CC[C@@]1(O)C(=O)OCc2c1cc1n(c2=O)Cc2cc3c(CN(C)C)c(O)ccc3nc2-1.CC[C@@]1(OC(=O)CCC(=O)COC)C(=O)OCc2c1cc1n(c2=O)Cc2cc3c(CN(C)C)c(O)ccc3nc2-1.CC[C@@]1(OC(=O)CN)C(=O)OCc2c1cc1n(c2=O)Cc2cc3c(CN(C)C)c(O)ccc3nc2-1. The maximum atomic E-state index is 13.7. The monoisotopic (exact) mass is 2000 g/mol. The summed E-state index contributed by atoms with van der Waals surface area (Å²) in [5, 5.41) is 56.1. The number of hydrogen-bond donors (Lipinski definition) is 6. The van der Waals surface area contributed by atoms with E-state index < -0.39 is 70.7 Å². The number of methoxy groups -OCH3 is 1. The fourth-order valence-electron chi connectivity index (χ4n) is 20.0. The summed E-state index contributed by atoms with van der Waals surface area (Å²) >= 11 is 1.86. The fraction of sp³-hybridized carbons (Fsp3) is 0.396. The Labute approximate surface area is 836 Å². The number of aliphatic hydroxyl groups is 1. The van der Waals surface area contributed by atoms with Crippen molar-refractivity contribution in [1.29, 1.82) is 0 Å². The molecule has 12 aromatic rings. The van der Waals surface area contributed by atoms with E-state index in [2.05, 4.69) is 13.2 Å². The van der Waals surface area contributed by atoms with E-state index in [1.807, 2.05) is 112 Å². The number of ketones is 1. The van der Waals surface area contributed by atoms with Gasteiger partial charge in [0, 0.05) is 134 Å². The minimum absolute atomic E-state index is 0.0324. The standard InChI is InChI=1S/C29H31N3O8.C26H27N3O6.C25H26N4O6.C23H23N3O5.C3H8S/c1-5-29(40-25(35)9-6-17(33)14-38-4)21-11-23-26-16(12-32(23)27(36)20(21)15-39-28(29)37)10-18-19(13-31(2)3)24(34)8-7-22(18)30-26;1-5-22(31)35-26(6-2)18-10-20-23-14(11-29(20)24(32)17(18)13-34-25(26)33)9-15-16(12-28(3)4)21(30)8-7-19(15)27-23;1-4-25(35-21(31)9-26)17-8-19-22-13(10-29(19)23(32)16(17)12-34-24(25)33)7-14-15(11-28(2)3)20(30)6-5-18(14)27-22;1-4-23(30)16-8-18-20-12(9-26(18)21(28)15(16)11-31-22(23)29)7-13-14(10-25(2)3)19(27)6-5-17(13)24-20;1-3-4-2/h7-8,10-11,34H,5-6,9,12-15H2,1-4H3;7-10,30H,5-6,11-13H2,1-4H3;5-8,30H,4,9-12,26H2,1-3H3;5-8,27,30H,4,9-11H2,1-3H3;3H2,1-2H3/t29-;26-;25-;23-;/m0000./s1. The highest BCUT2D eigenvalue weighted by Crippen LogP contribution is 2.49. The molecule has 38 nitrogen and oxygen atoms in total. The summed E-state index contributed by atoms with van der Waals surface area (Å²) in [5.74, 6) is -3.27. The van der Waals surface area contributed by atoms with Crippen LogP contribution in [0.15, 0.2) is 116 Å². The molecule has 0 bridgehead atoms. The van der Waals surface area contributed by atoms with Gasteiger partial charge in [-0.05, 0) is 191 Å². The Morgan fingerprint density at radius 1 is 0.400 bits per heavy atom. The van der Waals surface area contributed by atoms with Crippen LogP contribution in [0.3, 0.4) is 0 Å². The van der Waals surface area contributed by atoms with Gasteiger partial charge in [-0.25, -0.2) is 39.1 Å². The van der Waals surface area contributed by atoms with E-state index >= 15 is 0 Å². The molecular weight excluding hydrogens is 1890 g/mol. The molecule has 20 rings (SSSR count). The average Bonchev–Trinajstić information content (AvgIpc) is 1.63. The molecule has 4 atom stereocenters. The lowest BCUT2D eigenvalue weighted by molar-refractivity contribution is -0.189. The van der Waals surface area contributed by atoms with E-state index in [0.29, 0.717) is 135 Å². The maximum Gasteiger partial charge on any atom is 0.355 e. The zero-order valence-corrected chi connectivity index (χ0v) is 84.4. The molecule has 8 aliphatic rings. The van der Waals surface area contributed by atoms with Crippen LogP contribution in [0.2, 0.25) is 0 Å². The summed E-state index contributed by atoms with van der Waals surface area (Å²) in [4.78, 5) is 181. The van der Waals surface area contributed by atoms with Crippen LogP contribution in [0.5, 0.6) is 23.0 Å².